The minimum absolute atomic E-state index is 0.0802. The van der Waals surface area contributed by atoms with Crippen LogP contribution in [0.2, 0.25) is 0 Å². The molecule has 1 heterocycles. The molecule has 2 aromatic carbocycles. The van der Waals surface area contributed by atoms with Crippen LogP contribution in [0.5, 0.6) is 0 Å². The predicted molar refractivity (Wildman–Crippen MR) is 122 cm³/mol. The van der Waals surface area contributed by atoms with Gasteiger partial charge in [-0.25, -0.2) is 4.39 Å². The van der Waals surface area contributed by atoms with Crippen molar-refractivity contribution < 1.29 is 9.50 Å². The third kappa shape index (κ3) is 4.79. The van der Waals surface area contributed by atoms with Crippen LogP contribution in [0.1, 0.15) is 73.2 Å². The number of nitrogens with zero attached hydrogens (tertiary/aromatic N) is 1. The first-order valence-electron chi connectivity index (χ1n) is 10.8. The van der Waals surface area contributed by atoms with Crippen molar-refractivity contribution in [3.05, 3.63) is 88.0 Å². The maximum Gasteiger partial charge on any atom is 0.123 e. The lowest BCUT2D eigenvalue weighted by Crippen LogP contribution is -2.13. The minimum atomic E-state index is -0.257. The number of halogens is 1. The van der Waals surface area contributed by atoms with Crippen molar-refractivity contribution in [3.8, 4) is 11.1 Å². The van der Waals surface area contributed by atoms with Crippen LogP contribution >= 0.6 is 0 Å². The summed E-state index contributed by atoms with van der Waals surface area (Å²) < 4.78 is 13.6. The maximum atomic E-state index is 13.6. The second kappa shape index (κ2) is 9.53. The molecule has 0 radical (unpaired) electrons. The topological polar surface area (TPSA) is 33.1 Å². The Bertz CT molecular complexity index is 989. The van der Waals surface area contributed by atoms with Crippen LogP contribution in [-0.4, -0.2) is 10.1 Å². The molecule has 0 bridgehead atoms. The molecule has 3 heteroatoms. The van der Waals surface area contributed by atoms with Gasteiger partial charge in [-0.1, -0.05) is 69.7 Å². The molecule has 0 saturated carbocycles. The predicted octanol–water partition coefficient (Wildman–Crippen LogP) is 6.72. The molecule has 0 aliphatic carbocycles. The largest absolute Gasteiger partial charge is 0.392 e. The van der Waals surface area contributed by atoms with Gasteiger partial charge in [-0.2, -0.15) is 0 Å². The number of aliphatic hydroxyl groups excluding tert-OH is 1. The fraction of sp³-hybridized carbons (Fsp3) is 0.370. The van der Waals surface area contributed by atoms with Crippen LogP contribution in [0.3, 0.4) is 0 Å². The molecule has 0 atom stereocenters. The normalized spacial score (nSPS) is 11.5. The third-order valence-electron chi connectivity index (χ3n) is 5.63. The van der Waals surface area contributed by atoms with Gasteiger partial charge in [0.1, 0.15) is 5.82 Å². The summed E-state index contributed by atoms with van der Waals surface area (Å²) in [6.45, 7) is 10.5. The van der Waals surface area contributed by atoms with E-state index < -0.39 is 0 Å². The minimum Gasteiger partial charge on any atom is -0.392 e. The quantitative estimate of drug-likeness (QED) is 0.473. The molecule has 158 valence electrons. The van der Waals surface area contributed by atoms with Crippen molar-refractivity contribution in [2.75, 3.05) is 0 Å². The van der Waals surface area contributed by atoms with E-state index in [9.17, 15) is 9.50 Å². The van der Waals surface area contributed by atoms with Crippen molar-refractivity contribution >= 4 is 0 Å². The van der Waals surface area contributed by atoms with Crippen molar-refractivity contribution in [2.45, 2.75) is 65.9 Å². The second-order valence-electron chi connectivity index (χ2n) is 8.67. The van der Waals surface area contributed by atoms with Crippen molar-refractivity contribution in [1.82, 2.24) is 4.98 Å². The van der Waals surface area contributed by atoms with E-state index >= 15 is 0 Å². The van der Waals surface area contributed by atoms with Gasteiger partial charge < -0.3 is 5.11 Å². The standard InChI is InChI=1S/C27H32FNO/c1-17(2)26-23(15-10-20-8-6-19(5)7-9-20)25(21-11-13-22(28)14-12-21)24(16-30)27(29-26)18(3)4/h6-9,11-14,17-18,30H,10,15-16H2,1-5H3. The average molecular weight is 406 g/mol. The van der Waals surface area contributed by atoms with Crippen molar-refractivity contribution in [3.63, 3.8) is 0 Å². The molecule has 30 heavy (non-hydrogen) atoms. The number of aromatic nitrogens is 1. The molecule has 1 N–H and O–H groups in total. The monoisotopic (exact) mass is 405 g/mol. The molecular weight excluding hydrogens is 373 g/mol. The van der Waals surface area contributed by atoms with E-state index in [0.717, 1.165) is 46.5 Å². The number of pyridine rings is 1. The van der Waals surface area contributed by atoms with E-state index in [1.165, 1.54) is 23.3 Å². The maximum absolute atomic E-state index is 13.6. The molecule has 1 aromatic heterocycles. The number of aliphatic hydroxyl groups is 1. The Kier molecular flexibility index (Phi) is 7.04. The van der Waals surface area contributed by atoms with Gasteiger partial charge >= 0.3 is 0 Å². The van der Waals surface area contributed by atoms with Crippen LogP contribution in [-0.2, 0) is 19.4 Å². The van der Waals surface area contributed by atoms with E-state index in [4.69, 9.17) is 4.98 Å². The molecule has 0 aliphatic rings. The molecule has 0 spiro atoms. The van der Waals surface area contributed by atoms with E-state index in [2.05, 4.69) is 58.9 Å². The van der Waals surface area contributed by atoms with Gasteiger partial charge in [-0.05, 0) is 66.0 Å². The highest BCUT2D eigenvalue weighted by Gasteiger charge is 2.23. The van der Waals surface area contributed by atoms with Gasteiger partial charge in [0, 0.05) is 17.0 Å². The number of hydrogen-bond donors (Lipinski definition) is 1. The summed E-state index contributed by atoms with van der Waals surface area (Å²) >= 11 is 0. The summed E-state index contributed by atoms with van der Waals surface area (Å²) in [6.07, 6.45) is 1.71. The van der Waals surface area contributed by atoms with Crippen molar-refractivity contribution in [2.24, 2.45) is 0 Å². The second-order valence-corrected chi connectivity index (χ2v) is 8.67. The third-order valence-corrected chi connectivity index (χ3v) is 5.63. The van der Waals surface area contributed by atoms with Crippen LogP contribution < -0.4 is 0 Å². The fourth-order valence-electron chi connectivity index (χ4n) is 4.06. The Morgan fingerprint density at radius 3 is 1.90 bits per heavy atom. The van der Waals surface area contributed by atoms with E-state index in [-0.39, 0.29) is 24.3 Å². The molecule has 2 nitrogen and oxygen atoms in total. The molecular formula is C27H32FNO. The Morgan fingerprint density at radius 1 is 0.800 bits per heavy atom. The van der Waals surface area contributed by atoms with Crippen molar-refractivity contribution in [1.29, 1.82) is 0 Å². The van der Waals surface area contributed by atoms with Gasteiger partial charge in [-0.3, -0.25) is 4.98 Å². The summed E-state index contributed by atoms with van der Waals surface area (Å²) in [6, 6.07) is 15.2. The lowest BCUT2D eigenvalue weighted by atomic mass is 9.85. The average Bonchev–Trinajstić information content (AvgIpc) is 2.72. The fourth-order valence-corrected chi connectivity index (χ4v) is 4.06. The summed E-state index contributed by atoms with van der Waals surface area (Å²) in [5.74, 6) is 0.185. The highest BCUT2D eigenvalue weighted by atomic mass is 19.1. The Morgan fingerprint density at radius 2 is 1.37 bits per heavy atom. The lowest BCUT2D eigenvalue weighted by molar-refractivity contribution is 0.279. The molecule has 0 unspecified atom stereocenters. The first-order chi connectivity index (χ1) is 14.3. The zero-order valence-corrected chi connectivity index (χ0v) is 18.7. The summed E-state index contributed by atoms with van der Waals surface area (Å²) in [5, 5.41) is 10.3. The smallest absolute Gasteiger partial charge is 0.123 e. The highest BCUT2D eigenvalue weighted by molar-refractivity contribution is 5.73. The zero-order valence-electron chi connectivity index (χ0n) is 18.7. The number of hydrogen-bond acceptors (Lipinski definition) is 2. The molecule has 0 saturated heterocycles. The van der Waals surface area contributed by atoms with Crippen LogP contribution in [0.4, 0.5) is 4.39 Å². The lowest BCUT2D eigenvalue weighted by Gasteiger charge is -2.24. The number of aryl methyl sites for hydroxylation is 2. The summed E-state index contributed by atoms with van der Waals surface area (Å²) in [5.41, 5.74) is 8.50. The Labute approximate surface area is 179 Å². The van der Waals surface area contributed by atoms with E-state index in [1.54, 1.807) is 0 Å². The summed E-state index contributed by atoms with van der Waals surface area (Å²) in [4.78, 5) is 5.04. The van der Waals surface area contributed by atoms with Crippen LogP contribution in [0.25, 0.3) is 11.1 Å². The first-order valence-corrected chi connectivity index (χ1v) is 10.8. The highest BCUT2D eigenvalue weighted by Crippen LogP contribution is 2.37. The van der Waals surface area contributed by atoms with E-state index in [0.29, 0.717) is 0 Å². The molecule has 3 aromatic rings. The molecule has 0 fully saturated rings. The SMILES string of the molecule is Cc1ccc(CCc2c(C(C)C)nc(C(C)C)c(CO)c2-c2ccc(F)cc2)cc1. The number of rotatable bonds is 7. The molecule has 3 rings (SSSR count). The number of benzene rings is 2. The van der Waals surface area contributed by atoms with Gasteiger partial charge in [0.15, 0.2) is 0 Å². The van der Waals surface area contributed by atoms with Gasteiger partial charge in [0.2, 0.25) is 0 Å². The summed E-state index contributed by atoms with van der Waals surface area (Å²) in [7, 11) is 0. The molecule has 0 amide bonds. The van der Waals surface area contributed by atoms with Gasteiger partial charge in [0.05, 0.1) is 6.61 Å². The first kappa shape index (κ1) is 22.2. The Balaban J connectivity index is 2.20. The Hall–Kier alpha value is -2.52. The van der Waals surface area contributed by atoms with Gasteiger partial charge in [-0.15, -0.1) is 0 Å². The van der Waals surface area contributed by atoms with Gasteiger partial charge in [0.25, 0.3) is 0 Å². The van der Waals surface area contributed by atoms with Crippen LogP contribution in [0, 0.1) is 12.7 Å². The van der Waals surface area contributed by atoms with E-state index in [1.807, 2.05) is 12.1 Å². The molecule has 0 aliphatic heterocycles. The zero-order chi connectivity index (χ0) is 21.8. The van der Waals surface area contributed by atoms with Crippen LogP contribution in [0.15, 0.2) is 48.5 Å².